The highest BCUT2D eigenvalue weighted by Crippen LogP contribution is 2.34. The predicted molar refractivity (Wildman–Crippen MR) is 45.6 cm³/mol. The average Bonchev–Trinajstić information content (AvgIpc) is 2.47. The molecule has 2 rings (SSSR count). The first-order valence-electron chi connectivity index (χ1n) is 4.58. The van der Waals surface area contributed by atoms with Gasteiger partial charge >= 0.3 is 0 Å². The van der Waals surface area contributed by atoms with Gasteiger partial charge in [-0.2, -0.15) is 0 Å². The molecule has 1 aromatic heterocycles. The molecule has 1 N–H and O–H groups in total. The summed E-state index contributed by atoms with van der Waals surface area (Å²) in [6.45, 7) is 0. The summed E-state index contributed by atoms with van der Waals surface area (Å²) in [5.74, 6) is 1.44. The van der Waals surface area contributed by atoms with E-state index in [2.05, 4.69) is 0 Å². The van der Waals surface area contributed by atoms with Crippen molar-refractivity contribution in [3.63, 3.8) is 0 Å². The minimum Gasteiger partial charge on any atom is -0.467 e. The van der Waals surface area contributed by atoms with Crippen LogP contribution in [0.1, 0.15) is 37.5 Å². The summed E-state index contributed by atoms with van der Waals surface area (Å²) < 4.78 is 5.11. The molecule has 0 spiro atoms. The lowest BCUT2D eigenvalue weighted by atomic mass is 9.81. The summed E-state index contributed by atoms with van der Waals surface area (Å²) in [6.07, 6.45) is 5.98. The SMILES string of the molecule is OC(CC1CCC1)c1ccco1. The molecule has 1 heterocycles. The van der Waals surface area contributed by atoms with Crippen molar-refractivity contribution >= 4 is 0 Å². The fraction of sp³-hybridized carbons (Fsp3) is 0.600. The predicted octanol–water partition coefficient (Wildman–Crippen LogP) is 2.50. The summed E-state index contributed by atoms with van der Waals surface area (Å²) in [6, 6.07) is 3.66. The second kappa shape index (κ2) is 3.31. The summed E-state index contributed by atoms with van der Waals surface area (Å²) in [4.78, 5) is 0. The third kappa shape index (κ3) is 1.53. The molecule has 1 saturated carbocycles. The molecule has 1 aliphatic carbocycles. The molecular formula is C10H14O2. The van der Waals surface area contributed by atoms with E-state index in [1.165, 1.54) is 19.3 Å². The molecule has 1 aliphatic rings. The Balaban J connectivity index is 1.87. The highest BCUT2D eigenvalue weighted by molar-refractivity contribution is 5.02. The Morgan fingerprint density at radius 1 is 1.58 bits per heavy atom. The Kier molecular flexibility index (Phi) is 2.17. The van der Waals surface area contributed by atoms with Crippen LogP contribution < -0.4 is 0 Å². The van der Waals surface area contributed by atoms with Crippen LogP contribution in [-0.2, 0) is 0 Å². The molecule has 0 aromatic carbocycles. The Labute approximate surface area is 72.2 Å². The average molecular weight is 166 g/mol. The summed E-state index contributed by atoms with van der Waals surface area (Å²) >= 11 is 0. The third-order valence-corrected chi connectivity index (χ3v) is 2.65. The number of hydrogen-bond acceptors (Lipinski definition) is 2. The van der Waals surface area contributed by atoms with Crippen molar-refractivity contribution in [2.45, 2.75) is 31.8 Å². The molecule has 66 valence electrons. The van der Waals surface area contributed by atoms with Gasteiger partial charge in [0, 0.05) is 0 Å². The van der Waals surface area contributed by atoms with E-state index in [0.29, 0.717) is 5.76 Å². The standard InChI is InChI=1S/C10H14O2/c11-9(7-8-3-1-4-8)10-5-2-6-12-10/h2,5-6,8-9,11H,1,3-4,7H2. The maximum absolute atomic E-state index is 9.65. The van der Waals surface area contributed by atoms with Gasteiger partial charge in [-0.3, -0.25) is 0 Å². The second-order valence-corrected chi connectivity index (χ2v) is 3.56. The Morgan fingerprint density at radius 3 is 2.92 bits per heavy atom. The third-order valence-electron chi connectivity index (χ3n) is 2.65. The first-order chi connectivity index (χ1) is 5.86. The lowest BCUT2D eigenvalue weighted by molar-refractivity contribution is 0.0984. The molecule has 1 aromatic rings. The molecule has 1 atom stereocenters. The van der Waals surface area contributed by atoms with E-state index < -0.39 is 0 Å². The van der Waals surface area contributed by atoms with Gasteiger partial charge in [0.1, 0.15) is 11.9 Å². The van der Waals surface area contributed by atoms with Crippen molar-refractivity contribution in [2.24, 2.45) is 5.92 Å². The van der Waals surface area contributed by atoms with Crippen LogP contribution in [0.2, 0.25) is 0 Å². The lowest BCUT2D eigenvalue weighted by Crippen LogP contribution is -2.14. The van der Waals surface area contributed by atoms with E-state index in [1.54, 1.807) is 6.26 Å². The van der Waals surface area contributed by atoms with Crippen molar-refractivity contribution < 1.29 is 9.52 Å². The topological polar surface area (TPSA) is 33.4 Å². The van der Waals surface area contributed by atoms with Crippen molar-refractivity contribution in [1.29, 1.82) is 0 Å². The monoisotopic (exact) mass is 166 g/mol. The van der Waals surface area contributed by atoms with Crippen LogP contribution in [-0.4, -0.2) is 5.11 Å². The molecule has 0 aliphatic heterocycles. The van der Waals surface area contributed by atoms with Crippen LogP contribution in [0.25, 0.3) is 0 Å². The van der Waals surface area contributed by atoms with Gasteiger partial charge in [0.05, 0.1) is 6.26 Å². The molecule has 0 bridgehead atoms. The second-order valence-electron chi connectivity index (χ2n) is 3.56. The maximum Gasteiger partial charge on any atom is 0.132 e. The van der Waals surface area contributed by atoms with Crippen molar-refractivity contribution in [2.75, 3.05) is 0 Å². The van der Waals surface area contributed by atoms with E-state index in [1.807, 2.05) is 12.1 Å². The van der Waals surface area contributed by atoms with E-state index >= 15 is 0 Å². The van der Waals surface area contributed by atoms with Crippen LogP contribution >= 0.6 is 0 Å². The number of aliphatic hydroxyl groups is 1. The van der Waals surface area contributed by atoms with Gasteiger partial charge in [0.2, 0.25) is 0 Å². The van der Waals surface area contributed by atoms with Gasteiger partial charge in [-0.1, -0.05) is 19.3 Å². The number of aliphatic hydroxyl groups excluding tert-OH is 1. The number of hydrogen-bond donors (Lipinski definition) is 1. The fourth-order valence-electron chi connectivity index (χ4n) is 1.64. The van der Waals surface area contributed by atoms with Gasteiger partial charge in [-0.25, -0.2) is 0 Å². The summed E-state index contributed by atoms with van der Waals surface area (Å²) in [5, 5.41) is 9.65. The largest absolute Gasteiger partial charge is 0.467 e. The van der Waals surface area contributed by atoms with Crippen LogP contribution in [0.4, 0.5) is 0 Å². The van der Waals surface area contributed by atoms with E-state index in [4.69, 9.17) is 4.42 Å². The molecule has 0 saturated heterocycles. The smallest absolute Gasteiger partial charge is 0.132 e. The molecule has 12 heavy (non-hydrogen) atoms. The minimum atomic E-state index is -0.384. The van der Waals surface area contributed by atoms with Crippen LogP contribution in [0.3, 0.4) is 0 Å². The summed E-state index contributed by atoms with van der Waals surface area (Å²) in [7, 11) is 0. The quantitative estimate of drug-likeness (QED) is 0.748. The Hall–Kier alpha value is -0.760. The van der Waals surface area contributed by atoms with Crippen molar-refractivity contribution in [3.05, 3.63) is 24.2 Å². The highest BCUT2D eigenvalue weighted by Gasteiger charge is 2.22. The molecule has 1 fully saturated rings. The van der Waals surface area contributed by atoms with Crippen LogP contribution in [0.15, 0.2) is 22.8 Å². The van der Waals surface area contributed by atoms with Gasteiger partial charge in [-0.05, 0) is 24.5 Å². The zero-order valence-electron chi connectivity index (χ0n) is 7.07. The van der Waals surface area contributed by atoms with Gasteiger partial charge in [0.25, 0.3) is 0 Å². The van der Waals surface area contributed by atoms with Crippen LogP contribution in [0, 0.1) is 5.92 Å². The zero-order valence-corrected chi connectivity index (χ0v) is 7.07. The highest BCUT2D eigenvalue weighted by atomic mass is 16.4. The van der Waals surface area contributed by atoms with Crippen molar-refractivity contribution in [1.82, 2.24) is 0 Å². The Morgan fingerprint density at radius 2 is 2.42 bits per heavy atom. The van der Waals surface area contributed by atoms with E-state index in [9.17, 15) is 5.11 Å². The van der Waals surface area contributed by atoms with E-state index in [0.717, 1.165) is 12.3 Å². The normalized spacial score (nSPS) is 20.4. The first kappa shape index (κ1) is 7.87. The first-order valence-corrected chi connectivity index (χ1v) is 4.58. The van der Waals surface area contributed by atoms with Crippen molar-refractivity contribution in [3.8, 4) is 0 Å². The number of rotatable bonds is 3. The maximum atomic E-state index is 9.65. The number of furan rings is 1. The molecule has 2 heteroatoms. The zero-order chi connectivity index (χ0) is 8.39. The molecule has 0 amide bonds. The van der Waals surface area contributed by atoms with E-state index in [-0.39, 0.29) is 6.10 Å². The lowest BCUT2D eigenvalue weighted by Gasteiger charge is -2.26. The minimum absolute atomic E-state index is 0.384. The van der Waals surface area contributed by atoms with Gasteiger partial charge in [-0.15, -0.1) is 0 Å². The van der Waals surface area contributed by atoms with Gasteiger partial charge < -0.3 is 9.52 Å². The molecule has 0 radical (unpaired) electrons. The summed E-state index contributed by atoms with van der Waals surface area (Å²) in [5.41, 5.74) is 0. The van der Waals surface area contributed by atoms with Crippen LogP contribution in [0.5, 0.6) is 0 Å². The Bertz CT molecular complexity index is 224. The molecule has 2 nitrogen and oxygen atoms in total. The molecule has 1 unspecified atom stereocenters. The van der Waals surface area contributed by atoms with Gasteiger partial charge in [0.15, 0.2) is 0 Å². The fourth-order valence-corrected chi connectivity index (χ4v) is 1.64. The molecular weight excluding hydrogens is 152 g/mol.